The number of amides is 1. The lowest BCUT2D eigenvalue weighted by Crippen LogP contribution is -2.56. The summed E-state index contributed by atoms with van der Waals surface area (Å²) in [6.07, 6.45) is 2.24. The maximum absolute atomic E-state index is 11.6. The summed E-state index contributed by atoms with van der Waals surface area (Å²) in [4.78, 5) is 22.1. The fourth-order valence-electron chi connectivity index (χ4n) is 3.10. The molecule has 25 heavy (non-hydrogen) atoms. The van der Waals surface area contributed by atoms with E-state index < -0.39 is 18.1 Å². The van der Waals surface area contributed by atoms with Crippen molar-refractivity contribution < 1.29 is 19.4 Å². The van der Waals surface area contributed by atoms with Crippen LogP contribution in [-0.2, 0) is 4.79 Å². The number of nitrogens with zero attached hydrogens (tertiary/aromatic N) is 3. The fourth-order valence-corrected chi connectivity index (χ4v) is 3.10. The summed E-state index contributed by atoms with van der Waals surface area (Å²) < 4.78 is 10.8. The van der Waals surface area contributed by atoms with Gasteiger partial charge < -0.3 is 20.3 Å². The van der Waals surface area contributed by atoms with Crippen LogP contribution in [0.5, 0.6) is 11.6 Å². The molecule has 8 heteroatoms. The third-order valence-electron chi connectivity index (χ3n) is 4.35. The fraction of sp³-hybridized carbons (Fsp3) is 0.471. The molecular formula is C17H22N4O4. The highest BCUT2D eigenvalue weighted by Crippen LogP contribution is 2.20. The van der Waals surface area contributed by atoms with Crippen LogP contribution in [0.3, 0.4) is 0 Å². The number of carbonyl (C=O) groups is 1. The molecule has 0 saturated carbocycles. The van der Waals surface area contributed by atoms with Crippen molar-refractivity contribution in [3.63, 3.8) is 0 Å². The second-order valence-electron chi connectivity index (χ2n) is 6.00. The summed E-state index contributed by atoms with van der Waals surface area (Å²) in [6.45, 7) is 1.50. The van der Waals surface area contributed by atoms with Crippen LogP contribution in [0, 0.1) is 0 Å². The zero-order valence-corrected chi connectivity index (χ0v) is 14.1. The van der Waals surface area contributed by atoms with Crippen molar-refractivity contribution >= 4 is 16.9 Å². The van der Waals surface area contributed by atoms with Gasteiger partial charge in [-0.2, -0.15) is 0 Å². The standard InChI is InChI=1S/C17H22N4O4/c1-24-11-4-5-12-13(9-11)20-15(10-19-12)25-8-7-21-6-2-3-14(22)16(21)17(18)23/h4-5,9-10,14,16,22H,2-3,6-8H2,1H3,(H2,18,23)/t14-,16?/m1/s1. The largest absolute Gasteiger partial charge is 0.497 e. The van der Waals surface area contributed by atoms with Crippen LogP contribution in [0.4, 0.5) is 0 Å². The first-order valence-corrected chi connectivity index (χ1v) is 8.23. The van der Waals surface area contributed by atoms with Crippen LogP contribution in [0.2, 0.25) is 0 Å². The van der Waals surface area contributed by atoms with E-state index in [4.69, 9.17) is 15.2 Å². The maximum Gasteiger partial charge on any atom is 0.237 e. The lowest BCUT2D eigenvalue weighted by atomic mass is 9.98. The second kappa shape index (κ2) is 7.62. The number of ether oxygens (including phenoxy) is 2. The molecule has 8 nitrogen and oxygen atoms in total. The number of aliphatic hydroxyl groups excluding tert-OH is 1. The predicted molar refractivity (Wildman–Crippen MR) is 91.4 cm³/mol. The number of benzene rings is 1. The normalized spacial score (nSPS) is 21.2. The Balaban J connectivity index is 1.63. The van der Waals surface area contributed by atoms with Crippen molar-refractivity contribution in [1.29, 1.82) is 0 Å². The number of piperidine rings is 1. The van der Waals surface area contributed by atoms with Crippen LogP contribution in [0.1, 0.15) is 12.8 Å². The first-order valence-electron chi connectivity index (χ1n) is 8.23. The van der Waals surface area contributed by atoms with Gasteiger partial charge in [-0.15, -0.1) is 0 Å². The molecule has 1 saturated heterocycles. The molecule has 1 aromatic heterocycles. The minimum absolute atomic E-state index is 0.320. The van der Waals surface area contributed by atoms with E-state index in [1.54, 1.807) is 19.4 Å². The van der Waals surface area contributed by atoms with E-state index in [-0.39, 0.29) is 0 Å². The van der Waals surface area contributed by atoms with Crippen LogP contribution in [0.15, 0.2) is 24.4 Å². The number of rotatable bonds is 6. The van der Waals surface area contributed by atoms with Gasteiger partial charge in [0.05, 0.1) is 30.4 Å². The van der Waals surface area contributed by atoms with E-state index in [1.807, 2.05) is 17.0 Å². The predicted octanol–water partition coefficient (Wildman–Crippen LogP) is 0.328. The molecule has 0 aliphatic carbocycles. The molecule has 0 bridgehead atoms. The first kappa shape index (κ1) is 17.4. The Labute approximate surface area is 145 Å². The Morgan fingerprint density at radius 1 is 1.44 bits per heavy atom. The van der Waals surface area contributed by atoms with Gasteiger partial charge in [-0.1, -0.05) is 0 Å². The number of aromatic nitrogens is 2. The SMILES string of the molecule is COc1ccc2ncc(OCCN3CCC[C@@H](O)C3C(N)=O)nc2c1. The molecule has 1 amide bonds. The summed E-state index contributed by atoms with van der Waals surface area (Å²) in [7, 11) is 1.59. The summed E-state index contributed by atoms with van der Waals surface area (Å²) in [5, 5.41) is 9.98. The highest BCUT2D eigenvalue weighted by atomic mass is 16.5. The Morgan fingerprint density at radius 3 is 3.04 bits per heavy atom. The van der Waals surface area contributed by atoms with Gasteiger partial charge in [0.15, 0.2) is 0 Å². The molecule has 134 valence electrons. The molecule has 3 rings (SSSR count). The van der Waals surface area contributed by atoms with E-state index in [0.29, 0.717) is 43.3 Å². The highest BCUT2D eigenvalue weighted by Gasteiger charge is 2.34. The van der Waals surface area contributed by atoms with E-state index >= 15 is 0 Å². The average Bonchev–Trinajstić information content (AvgIpc) is 2.60. The lowest BCUT2D eigenvalue weighted by molar-refractivity contribution is -0.129. The van der Waals surface area contributed by atoms with Crippen molar-refractivity contribution in [3.8, 4) is 11.6 Å². The van der Waals surface area contributed by atoms with E-state index in [1.165, 1.54) is 0 Å². The molecule has 0 radical (unpaired) electrons. The van der Waals surface area contributed by atoms with Gasteiger partial charge >= 0.3 is 0 Å². The molecule has 0 spiro atoms. The number of nitrogens with two attached hydrogens (primary N) is 1. The number of aliphatic hydroxyl groups is 1. The number of likely N-dealkylation sites (tertiary alicyclic amines) is 1. The lowest BCUT2D eigenvalue weighted by Gasteiger charge is -2.36. The van der Waals surface area contributed by atoms with Gasteiger partial charge in [-0.3, -0.25) is 9.69 Å². The van der Waals surface area contributed by atoms with Crippen LogP contribution < -0.4 is 15.2 Å². The van der Waals surface area contributed by atoms with Crippen molar-refractivity contribution in [2.24, 2.45) is 5.73 Å². The second-order valence-corrected chi connectivity index (χ2v) is 6.00. The number of hydrogen-bond acceptors (Lipinski definition) is 7. The van der Waals surface area contributed by atoms with Crippen LogP contribution in [0.25, 0.3) is 11.0 Å². The smallest absolute Gasteiger partial charge is 0.237 e. The summed E-state index contributed by atoms with van der Waals surface area (Å²) in [6, 6.07) is 4.78. The average molecular weight is 346 g/mol. The van der Waals surface area contributed by atoms with Gasteiger partial charge in [0.1, 0.15) is 18.4 Å². The minimum atomic E-state index is -0.723. The van der Waals surface area contributed by atoms with Crippen molar-refractivity contribution in [3.05, 3.63) is 24.4 Å². The third-order valence-corrected chi connectivity index (χ3v) is 4.35. The minimum Gasteiger partial charge on any atom is -0.497 e. The molecule has 2 heterocycles. The maximum atomic E-state index is 11.6. The zero-order valence-electron chi connectivity index (χ0n) is 14.1. The Bertz CT molecular complexity index is 755. The number of fused-ring (bicyclic) bond motifs is 1. The number of methoxy groups -OCH3 is 1. The molecule has 2 atom stereocenters. The highest BCUT2D eigenvalue weighted by molar-refractivity contribution is 5.80. The van der Waals surface area contributed by atoms with Crippen molar-refractivity contribution in [1.82, 2.24) is 14.9 Å². The molecule has 1 aliphatic rings. The molecule has 1 aliphatic heterocycles. The molecule has 1 aromatic carbocycles. The van der Waals surface area contributed by atoms with Gasteiger partial charge in [0.25, 0.3) is 0 Å². The van der Waals surface area contributed by atoms with Crippen molar-refractivity contribution in [2.75, 3.05) is 26.8 Å². The summed E-state index contributed by atoms with van der Waals surface area (Å²) in [5.41, 5.74) is 6.84. The molecular weight excluding hydrogens is 324 g/mol. The molecule has 3 N–H and O–H groups in total. The number of primary amides is 1. The Kier molecular flexibility index (Phi) is 5.30. The van der Waals surface area contributed by atoms with Crippen LogP contribution >= 0.6 is 0 Å². The quantitative estimate of drug-likeness (QED) is 0.775. The zero-order chi connectivity index (χ0) is 17.8. The van der Waals surface area contributed by atoms with Crippen molar-refractivity contribution in [2.45, 2.75) is 25.0 Å². The molecule has 2 aromatic rings. The van der Waals surface area contributed by atoms with E-state index in [0.717, 1.165) is 11.9 Å². The number of hydrogen-bond donors (Lipinski definition) is 2. The van der Waals surface area contributed by atoms with E-state index in [2.05, 4.69) is 9.97 Å². The van der Waals surface area contributed by atoms with Crippen LogP contribution in [-0.4, -0.2) is 64.8 Å². The summed E-state index contributed by atoms with van der Waals surface area (Å²) in [5.74, 6) is 0.587. The number of carbonyl (C=O) groups excluding carboxylic acids is 1. The topological polar surface area (TPSA) is 111 Å². The van der Waals surface area contributed by atoms with Gasteiger partial charge in [-0.25, -0.2) is 9.97 Å². The molecule has 1 fully saturated rings. The van der Waals surface area contributed by atoms with Gasteiger partial charge in [0.2, 0.25) is 11.8 Å². The monoisotopic (exact) mass is 346 g/mol. The first-order chi connectivity index (χ1) is 12.1. The summed E-state index contributed by atoms with van der Waals surface area (Å²) >= 11 is 0. The Hall–Kier alpha value is -2.45. The van der Waals surface area contributed by atoms with E-state index in [9.17, 15) is 9.90 Å². The Morgan fingerprint density at radius 2 is 2.28 bits per heavy atom. The molecule has 1 unspecified atom stereocenters. The third kappa shape index (κ3) is 3.97. The van der Waals surface area contributed by atoms with Gasteiger partial charge in [0, 0.05) is 12.6 Å². The van der Waals surface area contributed by atoms with Gasteiger partial charge in [-0.05, 0) is 31.5 Å².